The van der Waals surface area contributed by atoms with Crippen LogP contribution in [0.1, 0.15) is 0 Å². The molecule has 8 nitrogen and oxygen atoms in total. The van der Waals surface area contributed by atoms with Crippen molar-refractivity contribution in [1.29, 1.82) is 0 Å². The molecule has 9 heteroatoms. The molecule has 0 aliphatic carbocycles. The molecule has 0 bridgehead atoms. The van der Waals surface area contributed by atoms with Crippen molar-refractivity contribution in [2.24, 2.45) is 0 Å². The predicted molar refractivity (Wildman–Crippen MR) is 95.0 cm³/mol. The molecular formula is C16H21N3O5S. The summed E-state index contributed by atoms with van der Waals surface area (Å²) in [5.74, 6) is 0.995. The zero-order valence-electron chi connectivity index (χ0n) is 14.3. The topological polar surface area (TPSA) is 98.8 Å². The Morgan fingerprint density at radius 3 is 2.40 bits per heavy atom. The molecule has 25 heavy (non-hydrogen) atoms. The van der Waals surface area contributed by atoms with Crippen LogP contribution in [-0.2, 0) is 14.8 Å². The van der Waals surface area contributed by atoms with E-state index in [-0.39, 0.29) is 10.7 Å². The van der Waals surface area contributed by atoms with Gasteiger partial charge in [0.25, 0.3) is 10.0 Å². The second-order valence-electron chi connectivity index (χ2n) is 4.97. The summed E-state index contributed by atoms with van der Waals surface area (Å²) in [6.07, 6.45) is 1.54. The van der Waals surface area contributed by atoms with Crippen LogP contribution in [0.4, 0.5) is 11.5 Å². The van der Waals surface area contributed by atoms with Crippen LogP contribution in [0.15, 0.2) is 41.4 Å². The Balaban J connectivity index is 2.13. The van der Waals surface area contributed by atoms with Gasteiger partial charge in [-0.3, -0.25) is 4.72 Å². The highest BCUT2D eigenvalue weighted by Gasteiger charge is 2.17. The number of methoxy groups -OCH3 is 3. The van der Waals surface area contributed by atoms with Crippen molar-refractivity contribution in [2.75, 3.05) is 44.5 Å². The van der Waals surface area contributed by atoms with E-state index in [0.717, 1.165) is 5.69 Å². The summed E-state index contributed by atoms with van der Waals surface area (Å²) < 4.78 is 42.6. The van der Waals surface area contributed by atoms with Crippen LogP contribution in [0.5, 0.6) is 11.5 Å². The van der Waals surface area contributed by atoms with Crippen LogP contribution in [0.3, 0.4) is 0 Å². The van der Waals surface area contributed by atoms with E-state index in [2.05, 4.69) is 15.0 Å². The smallest absolute Gasteiger partial charge is 0.263 e. The zero-order chi connectivity index (χ0) is 18.3. The van der Waals surface area contributed by atoms with Gasteiger partial charge in [-0.1, -0.05) is 0 Å². The van der Waals surface area contributed by atoms with Gasteiger partial charge < -0.3 is 19.5 Å². The number of rotatable bonds is 9. The summed E-state index contributed by atoms with van der Waals surface area (Å²) in [5, 5.41) is 3.10. The minimum Gasteiger partial charge on any atom is -0.493 e. The Morgan fingerprint density at radius 2 is 1.80 bits per heavy atom. The molecule has 0 atom stereocenters. The maximum Gasteiger partial charge on any atom is 0.263 e. The van der Waals surface area contributed by atoms with Crippen molar-refractivity contribution in [3.63, 3.8) is 0 Å². The summed E-state index contributed by atoms with van der Waals surface area (Å²) in [6, 6.07) is 7.67. The van der Waals surface area contributed by atoms with Gasteiger partial charge in [0.15, 0.2) is 11.5 Å². The molecule has 0 radical (unpaired) electrons. The highest BCUT2D eigenvalue weighted by molar-refractivity contribution is 7.92. The van der Waals surface area contributed by atoms with E-state index in [1.165, 1.54) is 32.4 Å². The van der Waals surface area contributed by atoms with Crippen molar-refractivity contribution in [3.05, 3.63) is 36.5 Å². The van der Waals surface area contributed by atoms with Crippen LogP contribution < -0.4 is 19.5 Å². The van der Waals surface area contributed by atoms with Crippen LogP contribution in [0.25, 0.3) is 0 Å². The van der Waals surface area contributed by atoms with Gasteiger partial charge in [0, 0.05) is 19.7 Å². The van der Waals surface area contributed by atoms with E-state index >= 15 is 0 Å². The Bertz CT molecular complexity index is 794. The number of ether oxygens (including phenoxy) is 3. The molecule has 2 N–H and O–H groups in total. The van der Waals surface area contributed by atoms with Gasteiger partial charge in [0.1, 0.15) is 5.82 Å². The van der Waals surface area contributed by atoms with E-state index in [4.69, 9.17) is 14.2 Å². The molecular weight excluding hydrogens is 346 g/mol. The normalized spacial score (nSPS) is 11.0. The summed E-state index contributed by atoms with van der Waals surface area (Å²) in [4.78, 5) is 4.15. The van der Waals surface area contributed by atoms with Crippen molar-refractivity contribution in [1.82, 2.24) is 4.98 Å². The number of pyridine rings is 1. The first-order valence-electron chi connectivity index (χ1n) is 7.44. The Hall–Kier alpha value is -2.52. The summed E-state index contributed by atoms with van der Waals surface area (Å²) in [7, 11) is 0.749. The Labute approximate surface area is 147 Å². The quantitative estimate of drug-likeness (QED) is 0.654. The molecule has 1 aromatic carbocycles. The fourth-order valence-electron chi connectivity index (χ4n) is 2.04. The number of sulfonamides is 1. The lowest BCUT2D eigenvalue weighted by atomic mass is 10.3. The average molecular weight is 367 g/mol. The number of hydrogen-bond acceptors (Lipinski definition) is 7. The summed E-state index contributed by atoms with van der Waals surface area (Å²) in [6.45, 7) is 1.20. The molecule has 0 aliphatic rings. The highest BCUT2D eigenvalue weighted by atomic mass is 32.2. The summed E-state index contributed by atoms with van der Waals surface area (Å²) in [5.41, 5.74) is 0.770. The molecule has 0 saturated carbocycles. The number of nitrogens with one attached hydrogen (secondary N) is 2. The number of hydrogen-bond donors (Lipinski definition) is 2. The lowest BCUT2D eigenvalue weighted by molar-refractivity contribution is 0.211. The number of benzene rings is 1. The molecule has 136 valence electrons. The molecule has 0 saturated heterocycles. The first kappa shape index (κ1) is 18.8. The van der Waals surface area contributed by atoms with E-state index in [9.17, 15) is 8.42 Å². The third-order valence-electron chi connectivity index (χ3n) is 3.30. The fourth-order valence-corrected chi connectivity index (χ4v) is 3.06. The third-order valence-corrected chi connectivity index (χ3v) is 4.66. The average Bonchev–Trinajstić information content (AvgIpc) is 2.62. The van der Waals surface area contributed by atoms with Crippen LogP contribution in [0.2, 0.25) is 0 Å². The number of aromatic nitrogens is 1. The maximum absolute atomic E-state index is 12.5. The van der Waals surface area contributed by atoms with Gasteiger partial charge in [0.2, 0.25) is 0 Å². The third kappa shape index (κ3) is 4.97. The molecule has 1 aromatic heterocycles. The van der Waals surface area contributed by atoms with Crippen molar-refractivity contribution in [2.45, 2.75) is 4.90 Å². The van der Waals surface area contributed by atoms with E-state index in [1.807, 2.05) is 0 Å². The zero-order valence-corrected chi connectivity index (χ0v) is 15.1. The van der Waals surface area contributed by atoms with Gasteiger partial charge in [-0.25, -0.2) is 13.4 Å². The fraction of sp³-hybridized carbons (Fsp3) is 0.312. The first-order valence-corrected chi connectivity index (χ1v) is 8.92. The standard InChI is InChI=1S/C16H21N3O5S/c1-22-9-8-17-12-4-7-16(18-11-12)19-25(20,21)13-5-6-14(23-2)15(10-13)24-3/h4-7,10-11,17H,8-9H2,1-3H3,(H,18,19). The van der Waals surface area contributed by atoms with Crippen molar-refractivity contribution >= 4 is 21.5 Å². The Kier molecular flexibility index (Phi) is 6.43. The van der Waals surface area contributed by atoms with E-state index < -0.39 is 10.0 Å². The Morgan fingerprint density at radius 1 is 1.04 bits per heavy atom. The van der Waals surface area contributed by atoms with Crippen molar-refractivity contribution < 1.29 is 22.6 Å². The van der Waals surface area contributed by atoms with Gasteiger partial charge in [-0.05, 0) is 24.3 Å². The molecule has 0 spiro atoms. The van der Waals surface area contributed by atoms with Crippen molar-refractivity contribution in [3.8, 4) is 11.5 Å². The van der Waals surface area contributed by atoms with Gasteiger partial charge in [-0.2, -0.15) is 0 Å². The first-order chi connectivity index (χ1) is 12.0. The van der Waals surface area contributed by atoms with Crippen LogP contribution in [-0.4, -0.2) is 47.9 Å². The second kappa shape index (κ2) is 8.54. The van der Waals surface area contributed by atoms with Crippen LogP contribution >= 0.6 is 0 Å². The highest BCUT2D eigenvalue weighted by Crippen LogP contribution is 2.30. The lowest BCUT2D eigenvalue weighted by Gasteiger charge is -2.11. The van der Waals surface area contributed by atoms with E-state index in [1.54, 1.807) is 25.4 Å². The minimum atomic E-state index is -3.79. The second-order valence-corrected chi connectivity index (χ2v) is 6.66. The van der Waals surface area contributed by atoms with E-state index in [0.29, 0.717) is 24.7 Å². The van der Waals surface area contributed by atoms with Gasteiger partial charge >= 0.3 is 0 Å². The lowest BCUT2D eigenvalue weighted by Crippen LogP contribution is -2.14. The maximum atomic E-state index is 12.5. The molecule has 0 fully saturated rings. The minimum absolute atomic E-state index is 0.0502. The molecule has 2 rings (SSSR count). The van der Waals surface area contributed by atoms with Gasteiger partial charge in [0.05, 0.1) is 37.6 Å². The summed E-state index contributed by atoms with van der Waals surface area (Å²) >= 11 is 0. The molecule has 2 aromatic rings. The molecule has 0 aliphatic heterocycles. The van der Waals surface area contributed by atoms with Gasteiger partial charge in [-0.15, -0.1) is 0 Å². The largest absolute Gasteiger partial charge is 0.493 e. The molecule has 0 unspecified atom stereocenters. The number of anilines is 2. The predicted octanol–water partition coefficient (Wildman–Crippen LogP) is 1.96. The molecule has 1 heterocycles. The monoisotopic (exact) mass is 367 g/mol. The molecule has 0 amide bonds. The van der Waals surface area contributed by atoms with Crippen LogP contribution in [0, 0.1) is 0 Å². The number of nitrogens with zero attached hydrogens (tertiary/aromatic N) is 1. The SMILES string of the molecule is COCCNc1ccc(NS(=O)(=O)c2ccc(OC)c(OC)c2)nc1.